The van der Waals surface area contributed by atoms with Gasteiger partial charge in [-0.25, -0.2) is 14.2 Å². The number of amides is 1. The highest BCUT2D eigenvalue weighted by atomic mass is 32.2. The van der Waals surface area contributed by atoms with Gasteiger partial charge in [0.25, 0.3) is 0 Å². The molecule has 0 radical (unpaired) electrons. The number of methoxy groups -OCH3 is 1. The van der Waals surface area contributed by atoms with Crippen molar-refractivity contribution in [1.82, 2.24) is 4.98 Å². The molecule has 8 heteroatoms. The van der Waals surface area contributed by atoms with Gasteiger partial charge in [0.05, 0.1) is 24.8 Å². The Kier molecular flexibility index (Phi) is 6.78. The smallest absolute Gasteiger partial charge is 0.337 e. The van der Waals surface area contributed by atoms with Gasteiger partial charge in [-0.3, -0.25) is 4.79 Å². The first-order valence-corrected chi connectivity index (χ1v) is 10.2. The van der Waals surface area contributed by atoms with Crippen LogP contribution < -0.4 is 5.32 Å². The maximum Gasteiger partial charge on any atom is 0.337 e. The number of aromatic nitrogens is 1. The third-order valence-corrected chi connectivity index (χ3v) is 5.89. The van der Waals surface area contributed by atoms with E-state index in [-0.39, 0.29) is 18.1 Å². The normalized spacial score (nSPS) is 10.5. The van der Waals surface area contributed by atoms with Gasteiger partial charge in [0.2, 0.25) is 5.91 Å². The van der Waals surface area contributed by atoms with E-state index in [1.165, 1.54) is 36.3 Å². The quantitative estimate of drug-likeness (QED) is 0.452. The molecule has 0 unspecified atom stereocenters. The molecule has 0 saturated carbocycles. The van der Waals surface area contributed by atoms with E-state index >= 15 is 0 Å². The summed E-state index contributed by atoms with van der Waals surface area (Å²) < 4.78 is 19.1. The molecule has 1 aromatic heterocycles. The van der Waals surface area contributed by atoms with E-state index in [2.05, 4.69) is 15.0 Å². The van der Waals surface area contributed by atoms with E-state index in [4.69, 9.17) is 0 Å². The van der Waals surface area contributed by atoms with Crippen molar-refractivity contribution in [3.63, 3.8) is 0 Å². The Balaban J connectivity index is 1.52. The van der Waals surface area contributed by atoms with Crippen molar-refractivity contribution in [3.05, 3.63) is 76.5 Å². The molecule has 3 aromatic rings. The van der Waals surface area contributed by atoms with Gasteiger partial charge in [-0.05, 0) is 35.9 Å². The molecular weight excluding hydrogens is 399 g/mol. The van der Waals surface area contributed by atoms with Gasteiger partial charge >= 0.3 is 5.97 Å². The molecule has 0 atom stereocenters. The predicted octanol–water partition coefficient (Wildman–Crippen LogP) is 4.54. The van der Waals surface area contributed by atoms with Gasteiger partial charge in [0.1, 0.15) is 10.2 Å². The minimum absolute atomic E-state index is 0.134. The molecule has 5 nitrogen and oxygen atoms in total. The zero-order valence-corrected chi connectivity index (χ0v) is 16.6. The fourth-order valence-corrected chi connectivity index (χ4v) is 4.20. The third-order valence-electron chi connectivity index (χ3n) is 3.77. The molecule has 144 valence electrons. The second kappa shape index (κ2) is 9.48. The lowest BCUT2D eigenvalue weighted by molar-refractivity contribution is -0.115. The van der Waals surface area contributed by atoms with Gasteiger partial charge in [-0.2, -0.15) is 0 Å². The van der Waals surface area contributed by atoms with E-state index in [0.29, 0.717) is 28.3 Å². The van der Waals surface area contributed by atoms with Crippen molar-refractivity contribution in [2.45, 2.75) is 16.5 Å². The number of thiazole rings is 1. The molecule has 28 heavy (non-hydrogen) atoms. The number of carbonyl (C=O) groups is 2. The van der Waals surface area contributed by atoms with Gasteiger partial charge in [0.15, 0.2) is 0 Å². The van der Waals surface area contributed by atoms with E-state index < -0.39 is 5.97 Å². The van der Waals surface area contributed by atoms with E-state index in [1.807, 2.05) is 5.38 Å². The summed E-state index contributed by atoms with van der Waals surface area (Å²) in [5.41, 5.74) is 2.28. The second-order valence-corrected chi connectivity index (χ2v) is 7.86. The van der Waals surface area contributed by atoms with E-state index in [9.17, 15) is 14.0 Å². The molecule has 0 aliphatic heterocycles. The topological polar surface area (TPSA) is 68.3 Å². The molecule has 0 fully saturated rings. The zero-order valence-electron chi connectivity index (χ0n) is 15.0. The third kappa shape index (κ3) is 5.40. The van der Waals surface area contributed by atoms with Crippen molar-refractivity contribution in [2.24, 2.45) is 0 Å². The molecule has 2 aromatic carbocycles. The number of nitrogens with one attached hydrogen (secondary N) is 1. The molecule has 0 bridgehead atoms. The number of esters is 1. The standard InChI is InChI=1S/C20H17FN2O3S2/c1-26-19(25)13-6-8-15(9-7-13)22-18(24)10-16-12-28-20(23-16)27-11-14-4-2-3-5-17(14)21/h2-9,12H,10-11H2,1H3,(H,22,24). The van der Waals surface area contributed by atoms with Crippen LogP contribution in [-0.2, 0) is 21.7 Å². The summed E-state index contributed by atoms with van der Waals surface area (Å²) in [6.07, 6.45) is 0.134. The molecule has 1 N–H and O–H groups in total. The summed E-state index contributed by atoms with van der Waals surface area (Å²) in [7, 11) is 1.31. The van der Waals surface area contributed by atoms with Crippen molar-refractivity contribution in [1.29, 1.82) is 0 Å². The van der Waals surface area contributed by atoms with Crippen LogP contribution in [0.2, 0.25) is 0 Å². The van der Waals surface area contributed by atoms with Crippen LogP contribution in [0, 0.1) is 5.82 Å². The van der Waals surface area contributed by atoms with Crippen LogP contribution in [0.5, 0.6) is 0 Å². The first-order valence-electron chi connectivity index (χ1n) is 8.34. The van der Waals surface area contributed by atoms with Crippen LogP contribution in [0.25, 0.3) is 0 Å². The highest BCUT2D eigenvalue weighted by Crippen LogP contribution is 2.27. The molecule has 3 rings (SSSR count). The van der Waals surface area contributed by atoms with Crippen molar-refractivity contribution < 1.29 is 18.7 Å². The monoisotopic (exact) mass is 416 g/mol. The van der Waals surface area contributed by atoms with Gasteiger partial charge in [-0.1, -0.05) is 30.0 Å². The Bertz CT molecular complexity index is 974. The molecular formula is C20H17FN2O3S2. The van der Waals surface area contributed by atoms with Crippen LogP contribution in [0.1, 0.15) is 21.6 Å². The number of benzene rings is 2. The van der Waals surface area contributed by atoms with Crippen LogP contribution in [-0.4, -0.2) is 24.0 Å². The molecule has 1 amide bonds. The lowest BCUT2D eigenvalue weighted by atomic mass is 10.2. The summed E-state index contributed by atoms with van der Waals surface area (Å²) in [6, 6.07) is 13.1. The minimum atomic E-state index is -0.430. The van der Waals surface area contributed by atoms with E-state index in [1.54, 1.807) is 42.5 Å². The lowest BCUT2D eigenvalue weighted by Gasteiger charge is -2.05. The SMILES string of the molecule is COC(=O)c1ccc(NC(=O)Cc2csc(SCc3ccccc3F)n2)cc1. The largest absolute Gasteiger partial charge is 0.465 e. The minimum Gasteiger partial charge on any atom is -0.465 e. The first-order chi connectivity index (χ1) is 13.5. The Morgan fingerprint density at radius 1 is 1.18 bits per heavy atom. The van der Waals surface area contributed by atoms with Crippen molar-refractivity contribution in [2.75, 3.05) is 12.4 Å². The highest BCUT2D eigenvalue weighted by molar-refractivity contribution is 8.00. The number of thioether (sulfide) groups is 1. The fourth-order valence-electron chi connectivity index (χ4n) is 2.37. The molecule has 1 heterocycles. The van der Waals surface area contributed by atoms with Crippen LogP contribution in [0.15, 0.2) is 58.3 Å². The lowest BCUT2D eigenvalue weighted by Crippen LogP contribution is -2.14. The van der Waals surface area contributed by atoms with Crippen LogP contribution in [0.3, 0.4) is 0 Å². The number of nitrogens with zero attached hydrogens (tertiary/aromatic N) is 1. The van der Waals surface area contributed by atoms with Gasteiger partial charge in [-0.15, -0.1) is 11.3 Å². The first kappa shape index (κ1) is 20.0. The summed E-state index contributed by atoms with van der Waals surface area (Å²) >= 11 is 2.87. The van der Waals surface area contributed by atoms with E-state index in [0.717, 1.165) is 4.34 Å². The Hall–Kier alpha value is -2.71. The number of rotatable bonds is 7. The maximum atomic E-state index is 13.7. The van der Waals surface area contributed by atoms with Gasteiger partial charge < -0.3 is 10.1 Å². The summed E-state index contributed by atoms with van der Waals surface area (Å²) in [5, 5.41) is 4.59. The summed E-state index contributed by atoms with van der Waals surface area (Å²) in [6.45, 7) is 0. The average molecular weight is 416 g/mol. The number of anilines is 1. The number of carbonyl (C=O) groups excluding carboxylic acids is 2. The number of hydrogen-bond donors (Lipinski definition) is 1. The average Bonchev–Trinajstić information content (AvgIpc) is 3.14. The van der Waals surface area contributed by atoms with Crippen LogP contribution >= 0.6 is 23.1 Å². The predicted molar refractivity (Wildman–Crippen MR) is 108 cm³/mol. The Morgan fingerprint density at radius 3 is 2.64 bits per heavy atom. The molecule has 0 saturated heterocycles. The molecule has 0 aliphatic carbocycles. The zero-order chi connectivity index (χ0) is 19.9. The molecule has 0 aliphatic rings. The molecule has 0 spiro atoms. The van der Waals surface area contributed by atoms with Crippen molar-refractivity contribution >= 4 is 40.7 Å². The highest BCUT2D eigenvalue weighted by Gasteiger charge is 2.11. The van der Waals surface area contributed by atoms with Crippen LogP contribution in [0.4, 0.5) is 10.1 Å². The maximum absolute atomic E-state index is 13.7. The summed E-state index contributed by atoms with van der Waals surface area (Å²) in [5.74, 6) is -0.384. The Labute approximate surface area is 170 Å². The second-order valence-electron chi connectivity index (χ2n) is 5.78. The Morgan fingerprint density at radius 2 is 1.93 bits per heavy atom. The number of hydrogen-bond acceptors (Lipinski definition) is 6. The number of halogens is 1. The summed E-state index contributed by atoms with van der Waals surface area (Å²) in [4.78, 5) is 28.0. The van der Waals surface area contributed by atoms with Crippen molar-refractivity contribution in [3.8, 4) is 0 Å². The number of ether oxygens (including phenoxy) is 1. The van der Waals surface area contributed by atoms with Gasteiger partial charge in [0, 0.05) is 16.8 Å². The fraction of sp³-hybridized carbons (Fsp3) is 0.150.